The van der Waals surface area contributed by atoms with Gasteiger partial charge in [-0.25, -0.2) is 4.79 Å². The van der Waals surface area contributed by atoms with Crippen molar-refractivity contribution < 1.29 is 23.9 Å². The van der Waals surface area contributed by atoms with E-state index in [1.807, 2.05) is 6.92 Å². The molecule has 126 valence electrons. The van der Waals surface area contributed by atoms with E-state index in [1.54, 1.807) is 24.3 Å². The predicted molar refractivity (Wildman–Crippen MR) is 86.4 cm³/mol. The fourth-order valence-electron chi connectivity index (χ4n) is 2.07. The Morgan fingerprint density at radius 3 is 2.46 bits per heavy atom. The summed E-state index contributed by atoms with van der Waals surface area (Å²) in [6.45, 7) is 2.28. The number of rotatable bonds is 7. The zero-order valence-electron chi connectivity index (χ0n) is 13.4. The van der Waals surface area contributed by atoms with Gasteiger partial charge < -0.3 is 14.2 Å². The van der Waals surface area contributed by atoms with Crippen molar-refractivity contribution in [1.82, 2.24) is 0 Å². The summed E-state index contributed by atoms with van der Waals surface area (Å²) >= 11 is 0. The van der Waals surface area contributed by atoms with Gasteiger partial charge in [0.2, 0.25) is 0 Å². The topological polar surface area (TPSA) is 87.9 Å². The molecular weight excluding hydrogens is 314 g/mol. The summed E-state index contributed by atoms with van der Waals surface area (Å²) < 4.78 is 15.6. The maximum atomic E-state index is 12.1. The van der Waals surface area contributed by atoms with Crippen molar-refractivity contribution in [2.24, 2.45) is 0 Å². The van der Waals surface area contributed by atoms with Gasteiger partial charge >= 0.3 is 5.97 Å². The van der Waals surface area contributed by atoms with Gasteiger partial charge in [0.25, 0.3) is 5.69 Å². The number of nitro groups is 1. The molecule has 7 heteroatoms. The Balaban J connectivity index is 2.07. The molecule has 0 aliphatic heterocycles. The van der Waals surface area contributed by atoms with E-state index in [9.17, 15) is 14.9 Å². The fourth-order valence-corrected chi connectivity index (χ4v) is 2.07. The average molecular weight is 331 g/mol. The van der Waals surface area contributed by atoms with E-state index >= 15 is 0 Å². The molecule has 2 aromatic carbocycles. The minimum Gasteiger partial charge on any atom is -0.496 e. The number of ether oxygens (including phenoxy) is 3. The van der Waals surface area contributed by atoms with Gasteiger partial charge in [0.1, 0.15) is 18.1 Å². The molecule has 0 atom stereocenters. The molecule has 0 heterocycles. The van der Waals surface area contributed by atoms with Crippen LogP contribution in [0.25, 0.3) is 0 Å². The molecule has 0 N–H and O–H groups in total. The minimum atomic E-state index is -0.536. The van der Waals surface area contributed by atoms with Crippen LogP contribution in [0.1, 0.15) is 22.8 Å². The smallest absolute Gasteiger partial charge is 0.338 e. The maximum absolute atomic E-state index is 12.1. The lowest BCUT2D eigenvalue weighted by molar-refractivity contribution is -0.385. The first-order chi connectivity index (χ1) is 11.5. The van der Waals surface area contributed by atoms with Gasteiger partial charge in [0.05, 0.1) is 24.2 Å². The summed E-state index contributed by atoms with van der Waals surface area (Å²) in [7, 11) is 1.44. The van der Waals surface area contributed by atoms with Gasteiger partial charge in [0.15, 0.2) is 0 Å². The highest BCUT2D eigenvalue weighted by Gasteiger charge is 2.14. The molecule has 0 radical (unpaired) electrons. The Bertz CT molecular complexity index is 726. The zero-order valence-corrected chi connectivity index (χ0v) is 13.4. The first-order valence-electron chi connectivity index (χ1n) is 7.26. The highest BCUT2D eigenvalue weighted by molar-refractivity contribution is 5.89. The van der Waals surface area contributed by atoms with Gasteiger partial charge in [-0.1, -0.05) is 0 Å². The van der Waals surface area contributed by atoms with Crippen molar-refractivity contribution >= 4 is 11.7 Å². The first kappa shape index (κ1) is 17.3. The van der Waals surface area contributed by atoms with Gasteiger partial charge in [-0.05, 0) is 37.3 Å². The predicted octanol–water partition coefficient (Wildman–Crippen LogP) is 3.36. The number of carbonyl (C=O) groups is 1. The number of non-ortho nitro benzene ring substituents is 1. The van der Waals surface area contributed by atoms with Gasteiger partial charge in [0, 0.05) is 17.7 Å². The molecule has 0 saturated heterocycles. The molecule has 24 heavy (non-hydrogen) atoms. The van der Waals surface area contributed by atoms with Crippen LogP contribution in [0.2, 0.25) is 0 Å². The van der Waals surface area contributed by atoms with E-state index in [0.29, 0.717) is 29.2 Å². The van der Waals surface area contributed by atoms with Crippen molar-refractivity contribution in [1.29, 1.82) is 0 Å². The van der Waals surface area contributed by atoms with Crippen molar-refractivity contribution in [3.63, 3.8) is 0 Å². The molecule has 0 bridgehead atoms. The van der Waals surface area contributed by atoms with Crippen LogP contribution in [0.15, 0.2) is 42.5 Å². The number of esters is 1. The van der Waals surface area contributed by atoms with Crippen molar-refractivity contribution in [3.05, 3.63) is 63.7 Å². The zero-order chi connectivity index (χ0) is 17.5. The van der Waals surface area contributed by atoms with Gasteiger partial charge in [-0.3, -0.25) is 10.1 Å². The number of hydrogen-bond acceptors (Lipinski definition) is 6. The standard InChI is InChI=1S/C17H17NO6/c1-3-23-15-7-4-12(5-8-15)17(19)24-11-13-10-14(18(20)21)6-9-16(13)22-2/h4-10H,3,11H2,1-2H3. The van der Waals surface area contributed by atoms with E-state index in [4.69, 9.17) is 14.2 Å². The number of nitro benzene ring substituents is 1. The van der Waals surface area contributed by atoms with Crippen LogP contribution in [-0.4, -0.2) is 24.6 Å². The number of carbonyl (C=O) groups excluding carboxylic acids is 1. The van der Waals surface area contributed by atoms with Crippen LogP contribution in [-0.2, 0) is 11.3 Å². The lowest BCUT2D eigenvalue weighted by Gasteiger charge is -2.09. The molecule has 0 unspecified atom stereocenters. The molecule has 0 fully saturated rings. The van der Waals surface area contributed by atoms with E-state index in [1.165, 1.54) is 25.3 Å². The summed E-state index contributed by atoms with van der Waals surface area (Å²) in [6, 6.07) is 10.7. The monoisotopic (exact) mass is 331 g/mol. The number of nitrogens with zero attached hydrogens (tertiary/aromatic N) is 1. The molecule has 0 aliphatic carbocycles. The summed E-state index contributed by atoms with van der Waals surface area (Å²) in [5.74, 6) is 0.543. The Morgan fingerprint density at radius 2 is 1.88 bits per heavy atom. The van der Waals surface area contributed by atoms with Crippen LogP contribution < -0.4 is 9.47 Å². The third kappa shape index (κ3) is 4.22. The van der Waals surface area contributed by atoms with E-state index in [2.05, 4.69) is 0 Å². The fraction of sp³-hybridized carbons (Fsp3) is 0.235. The molecule has 2 aromatic rings. The minimum absolute atomic E-state index is 0.0945. The second kappa shape index (κ2) is 7.96. The molecular formula is C17H17NO6. The summed E-state index contributed by atoms with van der Waals surface area (Å²) in [6.07, 6.45) is 0. The van der Waals surface area contributed by atoms with Crippen molar-refractivity contribution in [3.8, 4) is 11.5 Å². The van der Waals surface area contributed by atoms with Crippen molar-refractivity contribution in [2.45, 2.75) is 13.5 Å². The number of methoxy groups -OCH3 is 1. The third-order valence-electron chi connectivity index (χ3n) is 3.23. The molecule has 0 saturated carbocycles. The average Bonchev–Trinajstić information content (AvgIpc) is 2.60. The second-order valence-electron chi connectivity index (χ2n) is 4.79. The van der Waals surface area contributed by atoms with Gasteiger partial charge in [-0.15, -0.1) is 0 Å². The lowest BCUT2D eigenvalue weighted by atomic mass is 10.2. The second-order valence-corrected chi connectivity index (χ2v) is 4.79. The van der Waals surface area contributed by atoms with Crippen LogP contribution in [0.4, 0.5) is 5.69 Å². The Hall–Kier alpha value is -3.09. The largest absolute Gasteiger partial charge is 0.496 e. The Morgan fingerprint density at radius 1 is 1.17 bits per heavy atom. The van der Waals surface area contributed by atoms with Crippen LogP contribution in [0, 0.1) is 10.1 Å². The SMILES string of the molecule is CCOc1ccc(C(=O)OCc2cc([N+](=O)[O-])ccc2OC)cc1. The summed E-state index contributed by atoms with van der Waals surface area (Å²) in [5.41, 5.74) is 0.691. The highest BCUT2D eigenvalue weighted by Crippen LogP contribution is 2.25. The van der Waals surface area contributed by atoms with Crippen molar-refractivity contribution in [2.75, 3.05) is 13.7 Å². The van der Waals surface area contributed by atoms with Crippen LogP contribution in [0.3, 0.4) is 0 Å². The normalized spacial score (nSPS) is 10.1. The Labute approximate surface area is 138 Å². The molecule has 2 rings (SSSR count). The maximum Gasteiger partial charge on any atom is 0.338 e. The molecule has 0 aromatic heterocycles. The number of benzene rings is 2. The molecule has 7 nitrogen and oxygen atoms in total. The summed E-state index contributed by atoms with van der Waals surface area (Å²) in [4.78, 5) is 22.4. The number of hydrogen-bond donors (Lipinski definition) is 0. The Kier molecular flexibility index (Phi) is 5.73. The molecule has 0 aliphatic rings. The van der Waals surface area contributed by atoms with Crippen LogP contribution >= 0.6 is 0 Å². The third-order valence-corrected chi connectivity index (χ3v) is 3.23. The summed E-state index contributed by atoms with van der Waals surface area (Å²) in [5, 5.41) is 10.8. The highest BCUT2D eigenvalue weighted by atomic mass is 16.6. The molecule has 0 amide bonds. The quantitative estimate of drug-likeness (QED) is 0.439. The first-order valence-corrected chi connectivity index (χ1v) is 7.26. The van der Waals surface area contributed by atoms with E-state index in [0.717, 1.165) is 0 Å². The molecule has 0 spiro atoms. The van der Waals surface area contributed by atoms with Gasteiger partial charge in [-0.2, -0.15) is 0 Å². The van der Waals surface area contributed by atoms with E-state index in [-0.39, 0.29) is 12.3 Å². The van der Waals surface area contributed by atoms with E-state index < -0.39 is 10.9 Å². The van der Waals surface area contributed by atoms with Crippen LogP contribution in [0.5, 0.6) is 11.5 Å². The lowest BCUT2D eigenvalue weighted by Crippen LogP contribution is -2.06.